The molecule has 0 aromatic carbocycles. The van der Waals surface area contributed by atoms with Gasteiger partial charge in [-0.05, 0) is 19.8 Å². The molecule has 2 atom stereocenters. The van der Waals surface area contributed by atoms with Gasteiger partial charge in [0, 0.05) is 46.1 Å². The minimum absolute atomic E-state index is 0.0300. The van der Waals surface area contributed by atoms with Crippen molar-refractivity contribution in [3.8, 4) is 0 Å². The zero-order valence-corrected chi connectivity index (χ0v) is 15.3. The van der Waals surface area contributed by atoms with Crippen LogP contribution in [0.15, 0.2) is 12.7 Å². The highest BCUT2D eigenvalue weighted by atomic mass is 16.5. The van der Waals surface area contributed by atoms with Gasteiger partial charge < -0.3 is 14.4 Å². The second-order valence-electron chi connectivity index (χ2n) is 6.11. The van der Waals surface area contributed by atoms with E-state index in [0.717, 1.165) is 6.42 Å². The molecule has 0 bridgehead atoms. The van der Waals surface area contributed by atoms with E-state index in [1.54, 1.807) is 25.2 Å². The molecule has 5 heteroatoms. The summed E-state index contributed by atoms with van der Waals surface area (Å²) in [5.41, 5.74) is 0. The van der Waals surface area contributed by atoms with E-state index in [1.807, 2.05) is 20.8 Å². The van der Waals surface area contributed by atoms with E-state index in [2.05, 4.69) is 6.58 Å². The monoisotopic (exact) mass is 327 g/mol. The third kappa shape index (κ3) is 8.86. The van der Waals surface area contributed by atoms with E-state index in [-0.39, 0.29) is 29.8 Å². The van der Waals surface area contributed by atoms with E-state index in [4.69, 9.17) is 9.47 Å². The minimum atomic E-state index is -0.175. The molecule has 0 aliphatic rings. The van der Waals surface area contributed by atoms with Gasteiger partial charge in [0.15, 0.2) is 0 Å². The van der Waals surface area contributed by atoms with E-state index < -0.39 is 0 Å². The quantitative estimate of drug-likeness (QED) is 0.488. The highest BCUT2D eigenvalue weighted by Crippen LogP contribution is 2.10. The van der Waals surface area contributed by atoms with Gasteiger partial charge in [0.05, 0.1) is 6.10 Å². The van der Waals surface area contributed by atoms with Crippen LogP contribution < -0.4 is 0 Å². The second kappa shape index (κ2) is 12.3. The first-order valence-corrected chi connectivity index (χ1v) is 8.34. The van der Waals surface area contributed by atoms with Crippen molar-refractivity contribution in [3.05, 3.63) is 12.7 Å². The molecule has 0 aliphatic carbocycles. The molecule has 0 radical (unpaired) electrons. The standard InChI is InChI=1S/C18H33NO4/c1-7-8-12-19(13-17(23-6)15(4)22-5)18(21)11-9-10-16(20)14(2)3/h7,14-15,17H,1,8-13H2,2-6H3/t15-,17-/m0/s1. The Morgan fingerprint density at radius 1 is 1.13 bits per heavy atom. The van der Waals surface area contributed by atoms with Gasteiger partial charge in [-0.3, -0.25) is 9.59 Å². The fourth-order valence-electron chi connectivity index (χ4n) is 2.21. The Kier molecular flexibility index (Phi) is 11.6. The van der Waals surface area contributed by atoms with Gasteiger partial charge in [0.1, 0.15) is 11.9 Å². The molecule has 0 saturated carbocycles. The highest BCUT2D eigenvalue weighted by molar-refractivity contribution is 5.81. The van der Waals surface area contributed by atoms with Crippen LogP contribution in [0.1, 0.15) is 46.5 Å². The van der Waals surface area contributed by atoms with Crippen molar-refractivity contribution in [3.63, 3.8) is 0 Å². The third-order valence-corrected chi connectivity index (χ3v) is 4.01. The zero-order valence-electron chi connectivity index (χ0n) is 15.3. The van der Waals surface area contributed by atoms with Crippen LogP contribution in [0.3, 0.4) is 0 Å². The maximum absolute atomic E-state index is 12.4. The van der Waals surface area contributed by atoms with Crippen LogP contribution in [-0.4, -0.2) is 56.1 Å². The Morgan fingerprint density at radius 2 is 1.78 bits per heavy atom. The average molecular weight is 327 g/mol. The lowest BCUT2D eigenvalue weighted by atomic mass is 10.0. The lowest BCUT2D eigenvalue weighted by molar-refractivity contribution is -0.134. The Labute approximate surface area is 141 Å². The van der Waals surface area contributed by atoms with Crippen molar-refractivity contribution in [2.24, 2.45) is 5.92 Å². The zero-order chi connectivity index (χ0) is 17.8. The Hall–Kier alpha value is -1.20. The summed E-state index contributed by atoms with van der Waals surface area (Å²) in [5.74, 6) is 0.286. The van der Waals surface area contributed by atoms with Gasteiger partial charge >= 0.3 is 0 Å². The summed E-state index contributed by atoms with van der Waals surface area (Å²) in [5, 5.41) is 0. The summed E-state index contributed by atoms with van der Waals surface area (Å²) in [6.07, 6.45) is 3.69. The topological polar surface area (TPSA) is 55.8 Å². The number of nitrogens with zero attached hydrogens (tertiary/aromatic N) is 1. The first-order valence-electron chi connectivity index (χ1n) is 8.34. The van der Waals surface area contributed by atoms with Gasteiger partial charge in [-0.1, -0.05) is 19.9 Å². The molecule has 0 fully saturated rings. The van der Waals surface area contributed by atoms with Gasteiger partial charge in [-0.2, -0.15) is 0 Å². The molecule has 0 aromatic heterocycles. The molecule has 1 amide bonds. The summed E-state index contributed by atoms with van der Waals surface area (Å²) < 4.78 is 10.7. The molecule has 0 unspecified atom stereocenters. The number of amides is 1. The molecule has 5 nitrogen and oxygen atoms in total. The molecule has 0 aliphatic heterocycles. The fraction of sp³-hybridized carbons (Fsp3) is 0.778. The summed E-state index contributed by atoms with van der Waals surface area (Å²) >= 11 is 0. The molecule has 134 valence electrons. The van der Waals surface area contributed by atoms with Crippen LogP contribution in [0.2, 0.25) is 0 Å². The van der Waals surface area contributed by atoms with Crippen LogP contribution in [0.25, 0.3) is 0 Å². The van der Waals surface area contributed by atoms with Crippen molar-refractivity contribution in [2.45, 2.75) is 58.7 Å². The van der Waals surface area contributed by atoms with Gasteiger partial charge in [-0.15, -0.1) is 6.58 Å². The fourth-order valence-corrected chi connectivity index (χ4v) is 2.21. The first kappa shape index (κ1) is 21.8. The third-order valence-electron chi connectivity index (χ3n) is 4.01. The van der Waals surface area contributed by atoms with Crippen molar-refractivity contribution in [1.29, 1.82) is 0 Å². The minimum Gasteiger partial charge on any atom is -0.379 e. The van der Waals surface area contributed by atoms with Crippen LogP contribution in [0.4, 0.5) is 0 Å². The molecular weight excluding hydrogens is 294 g/mol. The van der Waals surface area contributed by atoms with Crippen LogP contribution in [-0.2, 0) is 19.1 Å². The van der Waals surface area contributed by atoms with Crippen molar-refractivity contribution in [1.82, 2.24) is 4.90 Å². The van der Waals surface area contributed by atoms with Crippen molar-refractivity contribution < 1.29 is 19.1 Å². The van der Waals surface area contributed by atoms with E-state index in [0.29, 0.717) is 32.4 Å². The number of hydrogen-bond donors (Lipinski definition) is 0. The smallest absolute Gasteiger partial charge is 0.222 e. The number of ether oxygens (including phenoxy) is 2. The van der Waals surface area contributed by atoms with E-state index in [9.17, 15) is 9.59 Å². The average Bonchev–Trinajstić information content (AvgIpc) is 2.53. The molecule has 0 aromatic rings. The number of Topliss-reactive ketones (excluding diaryl/α,β-unsaturated/α-hetero) is 1. The molecule has 0 rings (SSSR count). The Balaban J connectivity index is 4.58. The van der Waals surface area contributed by atoms with Crippen LogP contribution in [0, 0.1) is 5.92 Å². The lowest BCUT2D eigenvalue weighted by Crippen LogP contribution is -2.43. The van der Waals surface area contributed by atoms with Crippen LogP contribution >= 0.6 is 0 Å². The SMILES string of the molecule is C=CCCN(C[C@H](OC)[C@H](C)OC)C(=O)CCCC(=O)C(C)C. The Bertz CT molecular complexity index is 368. The summed E-state index contributed by atoms with van der Waals surface area (Å²) in [6.45, 7) is 10.5. The maximum atomic E-state index is 12.4. The molecule has 23 heavy (non-hydrogen) atoms. The number of rotatable bonds is 13. The Morgan fingerprint density at radius 3 is 2.26 bits per heavy atom. The van der Waals surface area contributed by atoms with E-state index >= 15 is 0 Å². The summed E-state index contributed by atoms with van der Waals surface area (Å²) in [6, 6.07) is 0. The number of methoxy groups -OCH3 is 2. The molecule has 0 spiro atoms. The maximum Gasteiger partial charge on any atom is 0.222 e. The van der Waals surface area contributed by atoms with Crippen molar-refractivity contribution in [2.75, 3.05) is 27.3 Å². The number of ketones is 1. The molecule has 0 N–H and O–H groups in total. The first-order chi connectivity index (χ1) is 10.9. The molecule has 0 saturated heterocycles. The summed E-state index contributed by atoms with van der Waals surface area (Å²) in [4.78, 5) is 25.9. The molecular formula is C18H33NO4. The number of carbonyl (C=O) groups is 2. The van der Waals surface area contributed by atoms with Gasteiger partial charge in [0.2, 0.25) is 5.91 Å². The second-order valence-corrected chi connectivity index (χ2v) is 6.11. The van der Waals surface area contributed by atoms with Gasteiger partial charge in [-0.25, -0.2) is 0 Å². The lowest BCUT2D eigenvalue weighted by Gasteiger charge is -2.29. The molecule has 0 heterocycles. The van der Waals surface area contributed by atoms with Crippen molar-refractivity contribution >= 4 is 11.7 Å². The predicted molar refractivity (Wildman–Crippen MR) is 92.4 cm³/mol. The highest BCUT2D eigenvalue weighted by Gasteiger charge is 2.23. The van der Waals surface area contributed by atoms with Gasteiger partial charge in [0.25, 0.3) is 0 Å². The largest absolute Gasteiger partial charge is 0.379 e. The number of hydrogen-bond acceptors (Lipinski definition) is 4. The van der Waals surface area contributed by atoms with E-state index in [1.165, 1.54) is 0 Å². The number of carbonyl (C=O) groups excluding carboxylic acids is 2. The predicted octanol–water partition coefficient (Wildman–Crippen LogP) is 2.84. The summed E-state index contributed by atoms with van der Waals surface area (Å²) in [7, 11) is 3.25. The normalized spacial score (nSPS) is 13.7. The van der Waals surface area contributed by atoms with Crippen LogP contribution in [0.5, 0.6) is 0 Å².